The Bertz CT molecular complexity index is 462. The number of imide groups is 1. The van der Waals surface area contributed by atoms with Crippen molar-refractivity contribution in [3.8, 4) is 0 Å². The first kappa shape index (κ1) is 11.3. The number of hydrogen-bond acceptors (Lipinski definition) is 3. The van der Waals surface area contributed by atoms with Crippen LogP contribution in [0.3, 0.4) is 0 Å². The van der Waals surface area contributed by atoms with Crippen molar-refractivity contribution in [1.29, 1.82) is 0 Å². The molecule has 5 nitrogen and oxygen atoms in total. The summed E-state index contributed by atoms with van der Waals surface area (Å²) in [4.78, 5) is 35.4. The Labute approximate surface area is 98.5 Å². The van der Waals surface area contributed by atoms with Crippen molar-refractivity contribution in [1.82, 2.24) is 10.2 Å². The molecule has 0 spiro atoms. The van der Waals surface area contributed by atoms with Gasteiger partial charge in [-0.15, -0.1) is 0 Å². The SMILES string of the molecule is CC(=O)N1CC(=O)N/C(=C\C2C=CC=C2)C1=O. The van der Waals surface area contributed by atoms with Gasteiger partial charge in [-0.25, -0.2) is 0 Å². The van der Waals surface area contributed by atoms with Crippen LogP contribution < -0.4 is 5.32 Å². The van der Waals surface area contributed by atoms with Gasteiger partial charge in [0.1, 0.15) is 12.2 Å². The summed E-state index contributed by atoms with van der Waals surface area (Å²) in [5, 5.41) is 2.49. The van der Waals surface area contributed by atoms with E-state index in [-0.39, 0.29) is 24.1 Å². The van der Waals surface area contributed by atoms with E-state index in [9.17, 15) is 14.4 Å². The van der Waals surface area contributed by atoms with Crippen molar-refractivity contribution in [2.24, 2.45) is 5.92 Å². The molecule has 3 amide bonds. The second-order valence-electron chi connectivity index (χ2n) is 3.89. The first-order chi connectivity index (χ1) is 8.08. The third kappa shape index (κ3) is 2.33. The van der Waals surface area contributed by atoms with Crippen molar-refractivity contribution in [3.63, 3.8) is 0 Å². The largest absolute Gasteiger partial charge is 0.320 e. The monoisotopic (exact) mass is 232 g/mol. The zero-order valence-corrected chi connectivity index (χ0v) is 9.34. The van der Waals surface area contributed by atoms with Gasteiger partial charge in [0, 0.05) is 12.8 Å². The third-order valence-electron chi connectivity index (χ3n) is 2.57. The van der Waals surface area contributed by atoms with Gasteiger partial charge >= 0.3 is 0 Å². The lowest BCUT2D eigenvalue weighted by molar-refractivity contribution is -0.147. The molecule has 5 heteroatoms. The molecule has 0 unspecified atom stereocenters. The number of nitrogens with zero attached hydrogens (tertiary/aromatic N) is 1. The Balaban J connectivity index is 2.24. The summed E-state index contributed by atoms with van der Waals surface area (Å²) in [5.41, 5.74) is 0.164. The van der Waals surface area contributed by atoms with E-state index in [4.69, 9.17) is 0 Å². The molecule has 1 aliphatic carbocycles. The van der Waals surface area contributed by atoms with Crippen LogP contribution in [0.15, 0.2) is 36.1 Å². The molecular weight excluding hydrogens is 220 g/mol. The van der Waals surface area contributed by atoms with Crippen LogP contribution in [-0.4, -0.2) is 29.2 Å². The Morgan fingerprint density at radius 1 is 1.41 bits per heavy atom. The van der Waals surface area contributed by atoms with Gasteiger partial charge in [-0.3, -0.25) is 19.3 Å². The van der Waals surface area contributed by atoms with Crippen molar-refractivity contribution in [2.75, 3.05) is 6.54 Å². The first-order valence-corrected chi connectivity index (χ1v) is 5.27. The van der Waals surface area contributed by atoms with Crippen LogP contribution in [0.5, 0.6) is 0 Å². The van der Waals surface area contributed by atoms with E-state index >= 15 is 0 Å². The molecule has 0 aromatic heterocycles. The smallest absolute Gasteiger partial charge is 0.277 e. The fraction of sp³-hybridized carbons (Fsp3) is 0.250. The van der Waals surface area contributed by atoms with Gasteiger partial charge in [0.15, 0.2) is 0 Å². The molecule has 0 aromatic rings. The fourth-order valence-corrected chi connectivity index (χ4v) is 1.72. The molecule has 2 rings (SSSR count). The summed E-state index contributed by atoms with van der Waals surface area (Å²) in [5.74, 6) is -1.24. The minimum atomic E-state index is -0.453. The number of allylic oxidation sites excluding steroid dienone is 5. The molecule has 0 radical (unpaired) electrons. The number of carbonyl (C=O) groups excluding carboxylic acids is 3. The van der Waals surface area contributed by atoms with E-state index in [0.29, 0.717) is 0 Å². The number of nitrogens with one attached hydrogen (secondary N) is 1. The normalized spacial score (nSPS) is 22.4. The van der Waals surface area contributed by atoms with Crippen molar-refractivity contribution >= 4 is 17.7 Å². The van der Waals surface area contributed by atoms with Gasteiger partial charge in [0.05, 0.1) is 0 Å². The highest BCUT2D eigenvalue weighted by Gasteiger charge is 2.30. The van der Waals surface area contributed by atoms with Gasteiger partial charge in [0.25, 0.3) is 5.91 Å². The Morgan fingerprint density at radius 2 is 2.06 bits per heavy atom. The lowest BCUT2D eigenvalue weighted by Gasteiger charge is -2.25. The molecule has 17 heavy (non-hydrogen) atoms. The van der Waals surface area contributed by atoms with Gasteiger partial charge in [0.2, 0.25) is 11.8 Å². The number of hydrogen-bond donors (Lipinski definition) is 1. The maximum absolute atomic E-state index is 11.9. The molecule has 0 saturated carbocycles. The molecule has 1 saturated heterocycles. The van der Waals surface area contributed by atoms with E-state index in [0.717, 1.165) is 4.90 Å². The quantitative estimate of drug-likeness (QED) is 0.653. The summed E-state index contributed by atoms with van der Waals surface area (Å²) in [6, 6.07) is 0. The highest BCUT2D eigenvalue weighted by Crippen LogP contribution is 2.15. The maximum Gasteiger partial charge on any atom is 0.277 e. The molecular formula is C12H12N2O3. The van der Waals surface area contributed by atoms with Crippen molar-refractivity contribution in [3.05, 3.63) is 36.1 Å². The van der Waals surface area contributed by atoms with Gasteiger partial charge < -0.3 is 5.32 Å². The molecule has 0 atom stereocenters. The van der Waals surface area contributed by atoms with Crippen molar-refractivity contribution in [2.45, 2.75) is 6.92 Å². The van der Waals surface area contributed by atoms with E-state index < -0.39 is 11.8 Å². The first-order valence-electron chi connectivity index (χ1n) is 5.27. The third-order valence-corrected chi connectivity index (χ3v) is 2.57. The standard InChI is InChI=1S/C12H12N2O3/c1-8(15)14-7-11(16)13-10(12(14)17)6-9-4-2-3-5-9/h2-6,9H,7H2,1H3,(H,13,16)/b10-6-. The summed E-state index contributed by atoms with van der Waals surface area (Å²) in [7, 11) is 0. The Kier molecular flexibility index (Phi) is 2.91. The van der Waals surface area contributed by atoms with E-state index in [1.807, 2.05) is 24.3 Å². The van der Waals surface area contributed by atoms with Crippen LogP contribution in [0.25, 0.3) is 0 Å². The summed E-state index contributed by atoms with van der Waals surface area (Å²) < 4.78 is 0. The maximum atomic E-state index is 11.9. The van der Waals surface area contributed by atoms with Gasteiger partial charge in [-0.05, 0) is 6.08 Å². The molecule has 0 aromatic carbocycles. The minimum absolute atomic E-state index is 0.0128. The van der Waals surface area contributed by atoms with Crippen LogP contribution in [0.4, 0.5) is 0 Å². The van der Waals surface area contributed by atoms with E-state index in [1.54, 1.807) is 6.08 Å². The zero-order valence-electron chi connectivity index (χ0n) is 9.34. The van der Waals surface area contributed by atoms with Crippen LogP contribution in [0.1, 0.15) is 6.92 Å². The lowest BCUT2D eigenvalue weighted by atomic mass is 10.1. The predicted molar refractivity (Wildman–Crippen MR) is 60.4 cm³/mol. The highest BCUT2D eigenvalue weighted by molar-refractivity contribution is 6.10. The Hall–Kier alpha value is -2.17. The van der Waals surface area contributed by atoms with Crippen molar-refractivity contribution < 1.29 is 14.4 Å². The summed E-state index contributed by atoms with van der Waals surface area (Å²) in [6.45, 7) is 1.06. The molecule has 1 aliphatic heterocycles. The second kappa shape index (κ2) is 4.37. The average molecular weight is 232 g/mol. The Morgan fingerprint density at radius 3 is 2.65 bits per heavy atom. The topological polar surface area (TPSA) is 66.5 Å². The summed E-state index contributed by atoms with van der Waals surface area (Å²) in [6.07, 6.45) is 9.13. The van der Waals surface area contributed by atoms with Gasteiger partial charge in [-0.1, -0.05) is 24.3 Å². The molecule has 1 heterocycles. The number of carbonyl (C=O) groups is 3. The number of piperazine rings is 1. The second-order valence-corrected chi connectivity index (χ2v) is 3.89. The minimum Gasteiger partial charge on any atom is -0.320 e. The van der Waals surface area contributed by atoms with Crippen LogP contribution in [0.2, 0.25) is 0 Å². The van der Waals surface area contributed by atoms with E-state index in [1.165, 1.54) is 6.92 Å². The molecule has 88 valence electrons. The van der Waals surface area contributed by atoms with Crippen LogP contribution in [-0.2, 0) is 14.4 Å². The molecule has 1 fully saturated rings. The lowest BCUT2D eigenvalue weighted by Crippen LogP contribution is -2.51. The average Bonchev–Trinajstić information content (AvgIpc) is 2.75. The molecule has 1 N–H and O–H groups in total. The van der Waals surface area contributed by atoms with Crippen LogP contribution in [0, 0.1) is 5.92 Å². The number of rotatable bonds is 1. The molecule has 0 bridgehead atoms. The predicted octanol–water partition coefficient (Wildman–Crippen LogP) is 0.117. The zero-order chi connectivity index (χ0) is 12.4. The molecule has 2 aliphatic rings. The summed E-state index contributed by atoms with van der Waals surface area (Å²) >= 11 is 0. The highest BCUT2D eigenvalue weighted by atomic mass is 16.2. The fourth-order valence-electron chi connectivity index (χ4n) is 1.72. The number of amides is 3. The van der Waals surface area contributed by atoms with Crippen LogP contribution >= 0.6 is 0 Å². The van der Waals surface area contributed by atoms with E-state index in [2.05, 4.69) is 5.32 Å². The van der Waals surface area contributed by atoms with Gasteiger partial charge in [-0.2, -0.15) is 0 Å².